The van der Waals surface area contributed by atoms with Crippen LogP contribution in [0.4, 0.5) is 0 Å². The Hall–Kier alpha value is -0.0800. The van der Waals surface area contributed by atoms with Crippen LogP contribution in [0.15, 0.2) is 0 Å². The average Bonchev–Trinajstić information content (AvgIpc) is 3.17. The van der Waals surface area contributed by atoms with E-state index in [0.717, 1.165) is 18.0 Å². The van der Waals surface area contributed by atoms with Crippen molar-refractivity contribution in [1.29, 1.82) is 0 Å². The first-order valence-electron chi connectivity index (χ1n) is 8.50. The minimum atomic E-state index is 0.467. The van der Waals surface area contributed by atoms with E-state index in [1.807, 2.05) is 0 Å². The van der Waals surface area contributed by atoms with E-state index >= 15 is 0 Å². The van der Waals surface area contributed by atoms with Crippen molar-refractivity contribution < 1.29 is 0 Å². The van der Waals surface area contributed by atoms with Crippen molar-refractivity contribution in [3.63, 3.8) is 0 Å². The van der Waals surface area contributed by atoms with E-state index in [2.05, 4.69) is 37.9 Å². The fourth-order valence-electron chi connectivity index (χ4n) is 3.25. The molecule has 1 atom stereocenters. The number of rotatable bonds is 10. The molecule has 2 nitrogen and oxygen atoms in total. The zero-order valence-electron chi connectivity index (χ0n) is 13.5. The first-order chi connectivity index (χ1) is 9.02. The second-order valence-electron chi connectivity index (χ2n) is 7.77. The summed E-state index contributed by atoms with van der Waals surface area (Å²) in [6.45, 7) is 13.3. The molecule has 0 aromatic rings. The minimum Gasteiger partial charge on any atom is -0.313 e. The van der Waals surface area contributed by atoms with Crippen molar-refractivity contribution in [1.82, 2.24) is 10.2 Å². The predicted octanol–water partition coefficient (Wildman–Crippen LogP) is 3.67. The van der Waals surface area contributed by atoms with Gasteiger partial charge in [0.05, 0.1) is 0 Å². The maximum atomic E-state index is 3.77. The molecule has 1 unspecified atom stereocenters. The van der Waals surface area contributed by atoms with E-state index in [9.17, 15) is 0 Å². The molecule has 1 N–H and O–H groups in total. The average molecular weight is 266 g/mol. The highest BCUT2D eigenvalue weighted by Gasteiger charge is 2.35. The van der Waals surface area contributed by atoms with Gasteiger partial charge in [-0.05, 0) is 43.4 Å². The van der Waals surface area contributed by atoms with Gasteiger partial charge in [-0.1, -0.05) is 34.1 Å². The van der Waals surface area contributed by atoms with Crippen LogP contribution in [0.2, 0.25) is 0 Å². The fraction of sp³-hybridized carbons (Fsp3) is 1.00. The molecule has 2 aliphatic rings. The van der Waals surface area contributed by atoms with Crippen LogP contribution in [0.5, 0.6) is 0 Å². The molecule has 0 spiro atoms. The highest BCUT2D eigenvalue weighted by molar-refractivity contribution is 4.91. The molecule has 0 aliphatic heterocycles. The lowest BCUT2D eigenvalue weighted by Crippen LogP contribution is -2.44. The van der Waals surface area contributed by atoms with Crippen LogP contribution in [0.1, 0.15) is 66.2 Å². The first kappa shape index (κ1) is 15.3. The topological polar surface area (TPSA) is 15.3 Å². The standard InChI is InChI=1S/C17H34N2/c1-5-10-17(4,12-18-15-6-7-15)13-19(11-14(2)3)16-8-9-16/h14-16,18H,5-13H2,1-4H3. The van der Waals surface area contributed by atoms with E-state index < -0.39 is 0 Å². The summed E-state index contributed by atoms with van der Waals surface area (Å²) < 4.78 is 0. The Bertz CT molecular complexity index is 268. The lowest BCUT2D eigenvalue weighted by atomic mass is 9.84. The zero-order chi connectivity index (χ0) is 13.9. The van der Waals surface area contributed by atoms with Gasteiger partial charge in [-0.15, -0.1) is 0 Å². The number of nitrogens with zero attached hydrogens (tertiary/aromatic N) is 1. The van der Waals surface area contributed by atoms with Gasteiger partial charge < -0.3 is 5.32 Å². The summed E-state index contributed by atoms with van der Waals surface area (Å²) in [6.07, 6.45) is 8.34. The highest BCUT2D eigenvalue weighted by Crippen LogP contribution is 2.33. The maximum absolute atomic E-state index is 3.77. The molecule has 0 aromatic carbocycles. The molecule has 2 aliphatic carbocycles. The van der Waals surface area contributed by atoms with Crippen molar-refractivity contribution in [3.8, 4) is 0 Å². The van der Waals surface area contributed by atoms with Gasteiger partial charge in [0, 0.05) is 31.7 Å². The number of hydrogen-bond donors (Lipinski definition) is 1. The molecule has 0 radical (unpaired) electrons. The smallest absolute Gasteiger partial charge is 0.00967 e. The summed E-state index contributed by atoms with van der Waals surface area (Å²) in [5.41, 5.74) is 0.467. The summed E-state index contributed by atoms with van der Waals surface area (Å²) >= 11 is 0. The van der Waals surface area contributed by atoms with Gasteiger partial charge in [0.2, 0.25) is 0 Å². The van der Waals surface area contributed by atoms with Crippen LogP contribution in [0.25, 0.3) is 0 Å². The second-order valence-corrected chi connectivity index (χ2v) is 7.77. The van der Waals surface area contributed by atoms with Gasteiger partial charge in [-0.25, -0.2) is 0 Å². The quantitative estimate of drug-likeness (QED) is 0.649. The summed E-state index contributed by atoms with van der Waals surface area (Å²) in [4.78, 5) is 2.79. The molecule has 2 rings (SSSR count). The van der Waals surface area contributed by atoms with Crippen LogP contribution in [-0.2, 0) is 0 Å². The highest BCUT2D eigenvalue weighted by atomic mass is 15.2. The van der Waals surface area contributed by atoms with E-state index in [4.69, 9.17) is 0 Å². The van der Waals surface area contributed by atoms with Crippen LogP contribution >= 0.6 is 0 Å². The van der Waals surface area contributed by atoms with Gasteiger partial charge in [0.15, 0.2) is 0 Å². The van der Waals surface area contributed by atoms with E-state index in [1.54, 1.807) is 0 Å². The molecule has 112 valence electrons. The van der Waals surface area contributed by atoms with Crippen LogP contribution in [0, 0.1) is 11.3 Å². The van der Waals surface area contributed by atoms with Crippen molar-refractivity contribution in [2.45, 2.75) is 78.3 Å². The Labute approximate surface area is 120 Å². The van der Waals surface area contributed by atoms with E-state index in [-0.39, 0.29) is 0 Å². The van der Waals surface area contributed by atoms with Crippen molar-refractivity contribution in [2.24, 2.45) is 11.3 Å². The van der Waals surface area contributed by atoms with Crippen molar-refractivity contribution >= 4 is 0 Å². The molecule has 2 fully saturated rings. The van der Waals surface area contributed by atoms with Gasteiger partial charge in [-0.3, -0.25) is 4.90 Å². The number of nitrogens with one attached hydrogen (secondary N) is 1. The van der Waals surface area contributed by atoms with Crippen molar-refractivity contribution in [2.75, 3.05) is 19.6 Å². The van der Waals surface area contributed by atoms with Gasteiger partial charge in [-0.2, -0.15) is 0 Å². The number of hydrogen-bond acceptors (Lipinski definition) is 2. The monoisotopic (exact) mass is 266 g/mol. The molecular formula is C17H34N2. The Morgan fingerprint density at radius 1 is 1.21 bits per heavy atom. The Balaban J connectivity index is 1.87. The molecule has 0 heterocycles. The molecule has 0 amide bonds. The molecule has 0 saturated heterocycles. The zero-order valence-corrected chi connectivity index (χ0v) is 13.5. The minimum absolute atomic E-state index is 0.467. The predicted molar refractivity (Wildman–Crippen MR) is 83.5 cm³/mol. The largest absolute Gasteiger partial charge is 0.313 e. The Morgan fingerprint density at radius 2 is 1.89 bits per heavy atom. The third kappa shape index (κ3) is 5.43. The summed E-state index contributed by atoms with van der Waals surface area (Å²) in [5.74, 6) is 0.794. The summed E-state index contributed by atoms with van der Waals surface area (Å²) in [5, 5.41) is 3.77. The van der Waals surface area contributed by atoms with Crippen LogP contribution in [-0.4, -0.2) is 36.6 Å². The van der Waals surface area contributed by atoms with Crippen LogP contribution < -0.4 is 5.32 Å². The SMILES string of the molecule is CCCC(C)(CNC1CC1)CN(CC(C)C)C1CC1. The normalized spacial score (nSPS) is 23.1. The molecular weight excluding hydrogens is 232 g/mol. The van der Waals surface area contributed by atoms with E-state index in [1.165, 1.54) is 58.2 Å². The van der Waals surface area contributed by atoms with Crippen LogP contribution in [0.3, 0.4) is 0 Å². The Morgan fingerprint density at radius 3 is 2.37 bits per heavy atom. The molecule has 0 bridgehead atoms. The van der Waals surface area contributed by atoms with Gasteiger partial charge in [0.1, 0.15) is 0 Å². The lowest BCUT2D eigenvalue weighted by Gasteiger charge is -2.37. The van der Waals surface area contributed by atoms with Gasteiger partial charge >= 0.3 is 0 Å². The van der Waals surface area contributed by atoms with Crippen molar-refractivity contribution in [3.05, 3.63) is 0 Å². The second kappa shape index (κ2) is 6.58. The summed E-state index contributed by atoms with van der Waals surface area (Å²) in [7, 11) is 0. The van der Waals surface area contributed by atoms with Gasteiger partial charge in [0.25, 0.3) is 0 Å². The molecule has 19 heavy (non-hydrogen) atoms. The maximum Gasteiger partial charge on any atom is 0.00967 e. The van der Waals surface area contributed by atoms with E-state index in [0.29, 0.717) is 5.41 Å². The third-order valence-corrected chi connectivity index (χ3v) is 4.50. The molecule has 2 heteroatoms. The lowest BCUT2D eigenvalue weighted by molar-refractivity contribution is 0.130. The molecule has 2 saturated carbocycles. The Kier molecular flexibility index (Phi) is 5.30. The molecule has 0 aromatic heterocycles. The third-order valence-electron chi connectivity index (χ3n) is 4.50. The summed E-state index contributed by atoms with van der Waals surface area (Å²) in [6, 6.07) is 1.75. The first-order valence-corrected chi connectivity index (χ1v) is 8.50. The fourth-order valence-corrected chi connectivity index (χ4v) is 3.25.